The van der Waals surface area contributed by atoms with Crippen LogP contribution >= 0.6 is 22.7 Å². The second kappa shape index (κ2) is 9.51. The zero-order chi connectivity index (χ0) is 25.5. The van der Waals surface area contributed by atoms with Crippen LogP contribution in [0.3, 0.4) is 0 Å². The highest BCUT2D eigenvalue weighted by Crippen LogP contribution is 2.32. The SMILES string of the molecule is O=C1c2ccccc2C(=O)N1CCc1csc(Nc2nc(CCN3C(=O)c4ccccc4C3O)cs2)n1. The van der Waals surface area contributed by atoms with Crippen LogP contribution in [0.5, 0.6) is 0 Å². The number of aliphatic hydroxyl groups is 1. The molecule has 0 radical (unpaired) electrons. The maximum atomic E-state index is 12.6. The molecule has 4 aromatic rings. The molecule has 2 aromatic carbocycles. The van der Waals surface area contributed by atoms with E-state index in [4.69, 9.17) is 0 Å². The van der Waals surface area contributed by atoms with E-state index in [0.717, 1.165) is 11.4 Å². The molecule has 4 heterocycles. The van der Waals surface area contributed by atoms with Crippen LogP contribution in [0.4, 0.5) is 10.3 Å². The molecule has 2 aliphatic rings. The Hall–Kier alpha value is -3.93. The predicted octanol–water partition coefficient (Wildman–Crippen LogP) is 3.87. The van der Waals surface area contributed by atoms with Gasteiger partial charge in [-0.05, 0) is 18.2 Å². The van der Waals surface area contributed by atoms with Gasteiger partial charge in [0, 0.05) is 47.8 Å². The van der Waals surface area contributed by atoms with Crippen LogP contribution in [0.1, 0.15) is 54.3 Å². The number of hydrogen-bond donors (Lipinski definition) is 2. The molecule has 186 valence electrons. The Morgan fingerprint density at radius 2 is 1.30 bits per heavy atom. The van der Waals surface area contributed by atoms with Crippen LogP contribution in [0.15, 0.2) is 59.3 Å². The highest BCUT2D eigenvalue weighted by atomic mass is 32.1. The van der Waals surface area contributed by atoms with Crippen molar-refractivity contribution in [2.75, 3.05) is 18.4 Å². The monoisotopic (exact) mass is 531 g/mol. The van der Waals surface area contributed by atoms with Crippen molar-refractivity contribution in [3.05, 3.63) is 92.9 Å². The van der Waals surface area contributed by atoms with Crippen molar-refractivity contribution >= 4 is 50.7 Å². The van der Waals surface area contributed by atoms with Gasteiger partial charge in [-0.15, -0.1) is 22.7 Å². The molecule has 9 nitrogen and oxygen atoms in total. The lowest BCUT2D eigenvalue weighted by Gasteiger charge is -2.20. The quantitative estimate of drug-likeness (QED) is 0.332. The minimum Gasteiger partial charge on any atom is -0.369 e. The van der Waals surface area contributed by atoms with Gasteiger partial charge in [-0.3, -0.25) is 19.3 Å². The number of carbonyl (C=O) groups is 3. The van der Waals surface area contributed by atoms with E-state index in [1.54, 1.807) is 42.5 Å². The molecule has 1 atom stereocenters. The number of carbonyl (C=O) groups excluding carboxylic acids is 3. The standard InChI is InChI=1S/C26H21N5O4S2/c32-21-17-5-1-2-6-18(17)22(33)30(21)11-9-15-13-36-25(27-15)29-26-28-16(14-37-26)10-12-31-23(34)19-7-3-4-8-20(19)24(31)35/h1-8,13-14,21,32H,9-12H2,(H,27,28,29). The molecule has 2 aromatic heterocycles. The lowest BCUT2D eigenvalue weighted by molar-refractivity contribution is 0.0181. The Bertz CT molecular complexity index is 1500. The maximum absolute atomic E-state index is 12.6. The van der Waals surface area contributed by atoms with E-state index in [9.17, 15) is 19.5 Å². The number of nitrogens with zero attached hydrogens (tertiary/aromatic N) is 4. The summed E-state index contributed by atoms with van der Waals surface area (Å²) in [6, 6.07) is 14.0. The third kappa shape index (κ3) is 4.31. The van der Waals surface area contributed by atoms with Gasteiger partial charge in [0.25, 0.3) is 17.7 Å². The fraction of sp³-hybridized carbons (Fsp3) is 0.192. The fourth-order valence-corrected chi connectivity index (χ4v) is 6.08. The molecule has 0 spiro atoms. The van der Waals surface area contributed by atoms with Gasteiger partial charge < -0.3 is 15.3 Å². The second-order valence-corrected chi connectivity index (χ2v) is 10.4. The molecule has 3 amide bonds. The van der Waals surface area contributed by atoms with Crippen LogP contribution in [0, 0.1) is 0 Å². The summed E-state index contributed by atoms with van der Waals surface area (Å²) in [6.45, 7) is 0.624. The van der Waals surface area contributed by atoms with Crippen LogP contribution in [-0.2, 0) is 12.8 Å². The maximum Gasteiger partial charge on any atom is 0.261 e. The van der Waals surface area contributed by atoms with Gasteiger partial charge in [0.1, 0.15) is 0 Å². The summed E-state index contributed by atoms with van der Waals surface area (Å²) >= 11 is 2.86. The van der Waals surface area contributed by atoms with E-state index in [-0.39, 0.29) is 24.3 Å². The summed E-state index contributed by atoms with van der Waals surface area (Å²) in [6.07, 6.45) is 0.0358. The van der Waals surface area contributed by atoms with Crippen molar-refractivity contribution in [2.45, 2.75) is 19.1 Å². The Kier molecular flexibility index (Phi) is 6.03. The fourth-order valence-electron chi connectivity index (χ4n) is 4.53. The van der Waals surface area contributed by atoms with E-state index in [1.165, 1.54) is 32.5 Å². The van der Waals surface area contributed by atoms with Crippen LogP contribution < -0.4 is 5.32 Å². The third-order valence-corrected chi connectivity index (χ3v) is 8.03. The first-order valence-corrected chi connectivity index (χ1v) is 13.4. The molecule has 2 N–H and O–H groups in total. The Labute approximate surface area is 220 Å². The Morgan fingerprint density at radius 1 is 0.757 bits per heavy atom. The lowest BCUT2D eigenvalue weighted by Crippen LogP contribution is -2.31. The molecular weight excluding hydrogens is 510 g/mol. The van der Waals surface area contributed by atoms with Crippen LogP contribution in [0.25, 0.3) is 0 Å². The second-order valence-electron chi connectivity index (χ2n) is 8.68. The topological polar surface area (TPSA) is 116 Å². The van der Waals surface area contributed by atoms with Crippen molar-refractivity contribution < 1.29 is 19.5 Å². The summed E-state index contributed by atoms with van der Waals surface area (Å²) in [5.41, 5.74) is 3.66. The first kappa shape index (κ1) is 23.5. The highest BCUT2D eigenvalue weighted by Gasteiger charge is 2.35. The predicted molar refractivity (Wildman–Crippen MR) is 139 cm³/mol. The lowest BCUT2D eigenvalue weighted by atomic mass is 10.1. The molecule has 0 bridgehead atoms. The minimum absolute atomic E-state index is 0.173. The summed E-state index contributed by atoms with van der Waals surface area (Å²) in [5.74, 6) is -0.707. The molecule has 6 rings (SSSR count). The Morgan fingerprint density at radius 3 is 1.89 bits per heavy atom. The molecule has 0 aliphatic carbocycles. The number of imide groups is 1. The zero-order valence-corrected chi connectivity index (χ0v) is 21.1. The van der Waals surface area contributed by atoms with Crippen molar-refractivity contribution in [1.82, 2.24) is 19.8 Å². The summed E-state index contributed by atoms with van der Waals surface area (Å²) in [5, 5.41) is 18.9. The smallest absolute Gasteiger partial charge is 0.261 e. The van der Waals surface area contributed by atoms with E-state index in [0.29, 0.717) is 51.9 Å². The average molecular weight is 532 g/mol. The van der Waals surface area contributed by atoms with E-state index >= 15 is 0 Å². The van der Waals surface area contributed by atoms with E-state index in [2.05, 4.69) is 15.3 Å². The number of rotatable bonds is 8. The molecule has 1 unspecified atom stereocenters. The van der Waals surface area contributed by atoms with E-state index in [1.807, 2.05) is 16.8 Å². The van der Waals surface area contributed by atoms with Crippen molar-refractivity contribution in [3.8, 4) is 0 Å². The number of hydrogen-bond acceptors (Lipinski definition) is 9. The number of nitrogens with one attached hydrogen (secondary N) is 1. The van der Waals surface area contributed by atoms with Gasteiger partial charge in [-0.1, -0.05) is 30.3 Å². The molecule has 0 fully saturated rings. The van der Waals surface area contributed by atoms with Crippen LogP contribution in [0.2, 0.25) is 0 Å². The third-order valence-electron chi connectivity index (χ3n) is 6.42. The normalized spacial score (nSPS) is 16.5. The number of anilines is 2. The Balaban J connectivity index is 1.03. The first-order chi connectivity index (χ1) is 18.0. The van der Waals surface area contributed by atoms with Gasteiger partial charge >= 0.3 is 0 Å². The average Bonchev–Trinajstić information content (AvgIpc) is 3.66. The van der Waals surface area contributed by atoms with Crippen molar-refractivity contribution in [2.24, 2.45) is 0 Å². The number of aromatic nitrogens is 2. The van der Waals surface area contributed by atoms with Gasteiger partial charge in [-0.25, -0.2) is 9.97 Å². The minimum atomic E-state index is -0.936. The van der Waals surface area contributed by atoms with Gasteiger partial charge in [0.05, 0.1) is 22.5 Å². The molecule has 2 aliphatic heterocycles. The van der Waals surface area contributed by atoms with Crippen molar-refractivity contribution in [3.63, 3.8) is 0 Å². The van der Waals surface area contributed by atoms with Gasteiger partial charge in [0.2, 0.25) is 0 Å². The van der Waals surface area contributed by atoms with Gasteiger partial charge in [-0.2, -0.15) is 0 Å². The number of benzene rings is 2. The van der Waals surface area contributed by atoms with E-state index < -0.39 is 6.23 Å². The number of amides is 3. The molecule has 0 saturated carbocycles. The molecular formula is C26H21N5O4S2. The first-order valence-electron chi connectivity index (χ1n) is 11.7. The number of aliphatic hydroxyl groups excluding tert-OH is 1. The highest BCUT2D eigenvalue weighted by molar-refractivity contribution is 7.16. The largest absolute Gasteiger partial charge is 0.369 e. The molecule has 37 heavy (non-hydrogen) atoms. The summed E-state index contributed by atoms with van der Waals surface area (Å²) < 4.78 is 0. The zero-order valence-electron chi connectivity index (χ0n) is 19.5. The van der Waals surface area contributed by atoms with Gasteiger partial charge in [0.15, 0.2) is 16.5 Å². The molecule has 0 saturated heterocycles. The molecule has 11 heteroatoms. The van der Waals surface area contributed by atoms with Crippen LogP contribution in [-0.4, -0.2) is 55.7 Å². The number of fused-ring (bicyclic) bond motifs is 2. The summed E-state index contributed by atoms with van der Waals surface area (Å²) in [4.78, 5) is 49.6. The van der Waals surface area contributed by atoms with Crippen molar-refractivity contribution in [1.29, 1.82) is 0 Å². The number of thiazole rings is 2. The summed E-state index contributed by atoms with van der Waals surface area (Å²) in [7, 11) is 0.